The van der Waals surface area contributed by atoms with Crippen LogP contribution in [0.1, 0.15) is 12.8 Å². The van der Waals surface area contributed by atoms with Gasteiger partial charge in [-0.1, -0.05) is 6.07 Å². The van der Waals surface area contributed by atoms with Crippen LogP contribution < -0.4 is 10.1 Å². The number of amides is 2. The molecular formula is C13H16N2O4. The van der Waals surface area contributed by atoms with Gasteiger partial charge in [0.2, 0.25) is 0 Å². The van der Waals surface area contributed by atoms with Crippen LogP contribution in [0.4, 0.5) is 10.5 Å². The lowest BCUT2D eigenvalue weighted by atomic mass is 10.2. The molecule has 1 aliphatic rings. The number of methoxy groups -OCH3 is 1. The van der Waals surface area contributed by atoms with Gasteiger partial charge in [0.25, 0.3) is 0 Å². The average molecular weight is 264 g/mol. The van der Waals surface area contributed by atoms with Gasteiger partial charge >= 0.3 is 12.0 Å². The highest BCUT2D eigenvalue weighted by molar-refractivity contribution is 5.92. The quantitative estimate of drug-likeness (QED) is 0.872. The fourth-order valence-corrected chi connectivity index (χ4v) is 2.16. The van der Waals surface area contributed by atoms with Gasteiger partial charge in [-0.2, -0.15) is 0 Å². The lowest BCUT2D eigenvalue weighted by molar-refractivity contribution is -0.141. The number of carbonyl (C=O) groups is 2. The van der Waals surface area contributed by atoms with Crippen LogP contribution in [-0.2, 0) is 4.79 Å². The molecule has 2 N–H and O–H groups in total. The minimum atomic E-state index is -0.960. The molecule has 102 valence electrons. The van der Waals surface area contributed by atoms with Gasteiger partial charge in [0.15, 0.2) is 0 Å². The molecule has 1 saturated heterocycles. The van der Waals surface area contributed by atoms with Crippen molar-refractivity contribution in [3.63, 3.8) is 0 Å². The zero-order valence-corrected chi connectivity index (χ0v) is 10.6. The summed E-state index contributed by atoms with van der Waals surface area (Å²) in [5.41, 5.74) is 0.584. The first kappa shape index (κ1) is 13.2. The topological polar surface area (TPSA) is 78.9 Å². The maximum Gasteiger partial charge on any atom is 0.326 e. The third kappa shape index (κ3) is 2.96. The fraction of sp³-hybridized carbons (Fsp3) is 0.385. The van der Waals surface area contributed by atoms with Gasteiger partial charge in [0, 0.05) is 18.3 Å². The Labute approximate surface area is 111 Å². The first-order valence-corrected chi connectivity index (χ1v) is 6.06. The molecule has 6 heteroatoms. The number of hydrogen-bond donors (Lipinski definition) is 2. The lowest BCUT2D eigenvalue weighted by Crippen LogP contribution is -2.42. The number of carbonyl (C=O) groups excluding carboxylic acids is 1. The summed E-state index contributed by atoms with van der Waals surface area (Å²) >= 11 is 0. The Balaban J connectivity index is 2.06. The Hall–Kier alpha value is -2.24. The Morgan fingerprint density at radius 3 is 2.95 bits per heavy atom. The summed E-state index contributed by atoms with van der Waals surface area (Å²) in [6.07, 6.45) is 1.21. The van der Waals surface area contributed by atoms with E-state index < -0.39 is 18.0 Å². The minimum Gasteiger partial charge on any atom is -0.497 e. The van der Waals surface area contributed by atoms with E-state index in [4.69, 9.17) is 9.84 Å². The van der Waals surface area contributed by atoms with Crippen molar-refractivity contribution in [2.75, 3.05) is 19.0 Å². The average Bonchev–Trinajstić information content (AvgIpc) is 2.88. The van der Waals surface area contributed by atoms with E-state index in [0.29, 0.717) is 30.8 Å². The summed E-state index contributed by atoms with van der Waals surface area (Å²) < 4.78 is 5.06. The summed E-state index contributed by atoms with van der Waals surface area (Å²) in [6.45, 7) is 0.465. The zero-order valence-electron chi connectivity index (χ0n) is 10.6. The largest absolute Gasteiger partial charge is 0.497 e. The van der Waals surface area contributed by atoms with E-state index in [9.17, 15) is 9.59 Å². The summed E-state index contributed by atoms with van der Waals surface area (Å²) in [6, 6.07) is 5.82. The highest BCUT2D eigenvalue weighted by atomic mass is 16.5. The molecule has 1 aromatic carbocycles. The summed E-state index contributed by atoms with van der Waals surface area (Å²) in [7, 11) is 1.54. The number of carboxylic acids is 1. The highest BCUT2D eigenvalue weighted by Crippen LogP contribution is 2.21. The van der Waals surface area contributed by atoms with Crippen molar-refractivity contribution in [2.24, 2.45) is 0 Å². The highest BCUT2D eigenvalue weighted by Gasteiger charge is 2.33. The monoisotopic (exact) mass is 264 g/mol. The first-order chi connectivity index (χ1) is 9.11. The Morgan fingerprint density at radius 2 is 2.26 bits per heavy atom. The van der Waals surface area contributed by atoms with Crippen LogP contribution in [0, 0.1) is 0 Å². The molecule has 0 aromatic heterocycles. The standard InChI is InChI=1S/C13H16N2O4/c1-19-10-5-2-4-9(8-10)14-13(18)15-7-3-6-11(15)12(16)17/h2,4-5,8,11H,3,6-7H2,1H3,(H,14,18)(H,16,17)/t11-/m1/s1. The van der Waals surface area contributed by atoms with Gasteiger partial charge in [-0.25, -0.2) is 9.59 Å². The Bertz CT molecular complexity index is 489. The molecule has 19 heavy (non-hydrogen) atoms. The SMILES string of the molecule is COc1cccc(NC(=O)N2CCC[C@@H]2C(=O)O)c1. The third-order valence-corrected chi connectivity index (χ3v) is 3.12. The molecule has 0 saturated carbocycles. The molecule has 2 rings (SSSR count). The second-order valence-electron chi connectivity index (χ2n) is 4.35. The molecule has 1 heterocycles. The zero-order chi connectivity index (χ0) is 13.8. The van der Waals surface area contributed by atoms with Crippen LogP contribution in [0.2, 0.25) is 0 Å². The van der Waals surface area contributed by atoms with Crippen molar-refractivity contribution in [1.82, 2.24) is 4.90 Å². The van der Waals surface area contributed by atoms with Gasteiger partial charge < -0.3 is 20.1 Å². The number of rotatable bonds is 3. The molecule has 1 aromatic rings. The van der Waals surface area contributed by atoms with Crippen LogP contribution in [0.5, 0.6) is 5.75 Å². The smallest absolute Gasteiger partial charge is 0.326 e. The van der Waals surface area contributed by atoms with E-state index in [0.717, 1.165) is 0 Å². The number of nitrogens with zero attached hydrogens (tertiary/aromatic N) is 1. The van der Waals surface area contributed by atoms with Gasteiger partial charge in [0.1, 0.15) is 11.8 Å². The molecule has 1 aliphatic heterocycles. The van der Waals surface area contributed by atoms with Gasteiger partial charge in [-0.3, -0.25) is 0 Å². The number of benzene rings is 1. The number of ether oxygens (including phenoxy) is 1. The molecule has 1 fully saturated rings. The molecule has 1 atom stereocenters. The molecular weight excluding hydrogens is 248 g/mol. The van der Waals surface area contributed by atoms with E-state index in [-0.39, 0.29) is 0 Å². The minimum absolute atomic E-state index is 0.391. The molecule has 0 unspecified atom stereocenters. The van der Waals surface area contributed by atoms with Gasteiger partial charge in [0.05, 0.1) is 7.11 Å². The van der Waals surface area contributed by atoms with Crippen molar-refractivity contribution >= 4 is 17.7 Å². The first-order valence-electron chi connectivity index (χ1n) is 6.06. The summed E-state index contributed by atoms with van der Waals surface area (Å²) in [5.74, 6) is -0.327. The molecule has 0 radical (unpaired) electrons. The number of carboxylic acid groups (broad SMARTS) is 1. The predicted octanol–water partition coefficient (Wildman–Crippen LogP) is 1.78. The fourth-order valence-electron chi connectivity index (χ4n) is 2.16. The van der Waals surface area contributed by atoms with Crippen molar-refractivity contribution in [3.05, 3.63) is 24.3 Å². The molecule has 0 aliphatic carbocycles. The second kappa shape index (κ2) is 5.60. The van der Waals surface area contributed by atoms with Crippen molar-refractivity contribution in [1.29, 1.82) is 0 Å². The number of hydrogen-bond acceptors (Lipinski definition) is 3. The van der Waals surface area contributed by atoms with Crippen molar-refractivity contribution in [3.8, 4) is 5.75 Å². The van der Waals surface area contributed by atoms with E-state index in [2.05, 4.69) is 5.32 Å². The summed E-state index contributed by atoms with van der Waals surface area (Å²) in [4.78, 5) is 24.4. The van der Waals surface area contributed by atoms with Crippen molar-refractivity contribution < 1.29 is 19.4 Å². The molecule has 0 bridgehead atoms. The van der Waals surface area contributed by atoms with Crippen LogP contribution in [0.3, 0.4) is 0 Å². The van der Waals surface area contributed by atoms with Crippen LogP contribution in [-0.4, -0.2) is 41.7 Å². The number of nitrogens with one attached hydrogen (secondary N) is 1. The number of anilines is 1. The van der Waals surface area contributed by atoms with E-state index in [1.807, 2.05) is 0 Å². The Morgan fingerprint density at radius 1 is 1.47 bits per heavy atom. The maximum absolute atomic E-state index is 12.0. The third-order valence-electron chi connectivity index (χ3n) is 3.12. The molecule has 2 amide bonds. The van der Waals surface area contributed by atoms with Gasteiger partial charge in [-0.15, -0.1) is 0 Å². The van der Waals surface area contributed by atoms with Crippen molar-refractivity contribution in [2.45, 2.75) is 18.9 Å². The Kier molecular flexibility index (Phi) is 3.89. The normalized spacial score (nSPS) is 18.2. The van der Waals surface area contributed by atoms with Crippen LogP contribution >= 0.6 is 0 Å². The number of aliphatic carboxylic acids is 1. The molecule has 0 spiro atoms. The van der Waals surface area contributed by atoms with E-state index in [1.165, 1.54) is 4.90 Å². The second-order valence-corrected chi connectivity index (χ2v) is 4.35. The molecule has 6 nitrogen and oxygen atoms in total. The lowest BCUT2D eigenvalue weighted by Gasteiger charge is -2.21. The van der Waals surface area contributed by atoms with Crippen LogP contribution in [0.15, 0.2) is 24.3 Å². The van der Waals surface area contributed by atoms with E-state index in [1.54, 1.807) is 31.4 Å². The van der Waals surface area contributed by atoms with Gasteiger partial charge in [-0.05, 0) is 25.0 Å². The number of likely N-dealkylation sites (tertiary alicyclic amines) is 1. The maximum atomic E-state index is 12.0. The predicted molar refractivity (Wildman–Crippen MR) is 69.4 cm³/mol. The van der Waals surface area contributed by atoms with E-state index >= 15 is 0 Å². The van der Waals surface area contributed by atoms with Crippen LogP contribution in [0.25, 0.3) is 0 Å². The summed E-state index contributed by atoms with van der Waals surface area (Å²) in [5, 5.41) is 11.7. The number of urea groups is 1.